The van der Waals surface area contributed by atoms with E-state index in [4.69, 9.17) is 4.98 Å². The van der Waals surface area contributed by atoms with E-state index in [1.165, 1.54) is 5.69 Å². The second-order valence-electron chi connectivity index (χ2n) is 6.92. The van der Waals surface area contributed by atoms with Gasteiger partial charge >= 0.3 is 0 Å². The van der Waals surface area contributed by atoms with E-state index in [2.05, 4.69) is 47.3 Å². The van der Waals surface area contributed by atoms with E-state index in [1.807, 2.05) is 23.0 Å². The Bertz CT molecular complexity index is 855. The third kappa shape index (κ3) is 3.37. The number of hydrogen-bond acceptors (Lipinski definition) is 5. The fourth-order valence-electron chi connectivity index (χ4n) is 3.43. The molecule has 1 aliphatic rings. The van der Waals surface area contributed by atoms with Gasteiger partial charge in [0.1, 0.15) is 13.7 Å². The minimum absolute atomic E-state index is 0.523. The Hall–Kier alpha value is -2.41. The molecule has 0 spiro atoms. The van der Waals surface area contributed by atoms with Crippen molar-refractivity contribution in [2.45, 2.75) is 25.3 Å². The number of nitrogens with one attached hydrogen (secondary N) is 1. The van der Waals surface area contributed by atoms with Crippen molar-refractivity contribution in [1.82, 2.24) is 24.5 Å². The molecule has 3 aromatic rings. The summed E-state index contributed by atoms with van der Waals surface area (Å²) in [6.07, 6.45) is 7.89. The Morgan fingerprint density at radius 3 is 2.88 bits per heavy atom. The van der Waals surface area contributed by atoms with Crippen molar-refractivity contribution < 1.29 is 0 Å². The maximum absolute atomic E-state index is 4.93. The molecule has 128 valence electrons. The topological polar surface area (TPSA) is 58.4 Å². The van der Waals surface area contributed by atoms with Crippen LogP contribution in [0.5, 0.6) is 0 Å². The molecule has 7 heteroatoms. The van der Waals surface area contributed by atoms with Gasteiger partial charge in [-0.15, -0.1) is 0 Å². The molecule has 0 aromatic carbocycles. The minimum Gasteiger partial charge on any atom is -0.366 e. The second kappa shape index (κ2) is 6.84. The second-order valence-corrected chi connectivity index (χ2v) is 6.92. The number of pyridine rings is 1. The highest BCUT2D eigenvalue weighted by atomic mass is 15.3. The van der Waals surface area contributed by atoms with Gasteiger partial charge in [-0.25, -0.2) is 4.98 Å². The van der Waals surface area contributed by atoms with Crippen molar-refractivity contribution in [1.29, 1.82) is 0 Å². The van der Waals surface area contributed by atoms with Crippen LogP contribution in [0.4, 0.5) is 5.82 Å². The lowest BCUT2D eigenvalue weighted by molar-refractivity contribution is 0.253. The maximum Gasteiger partial charge on any atom is 0.151 e. The van der Waals surface area contributed by atoms with Crippen LogP contribution >= 0.6 is 0 Å². The molecule has 0 saturated carbocycles. The van der Waals surface area contributed by atoms with Crippen molar-refractivity contribution >= 4 is 24.8 Å². The Morgan fingerprint density at radius 2 is 2.12 bits per heavy atom. The van der Waals surface area contributed by atoms with Crippen LogP contribution in [-0.2, 0) is 6.54 Å². The first-order valence-corrected chi connectivity index (χ1v) is 8.87. The lowest BCUT2D eigenvalue weighted by Gasteiger charge is -2.28. The van der Waals surface area contributed by atoms with Crippen molar-refractivity contribution in [2.75, 3.05) is 25.5 Å². The number of nitrogens with zero attached hydrogens (tertiary/aromatic N) is 5. The third-order valence-electron chi connectivity index (χ3n) is 5.00. The molecule has 0 aliphatic carbocycles. The van der Waals surface area contributed by atoms with E-state index < -0.39 is 0 Å². The summed E-state index contributed by atoms with van der Waals surface area (Å²) < 4.78 is 1.91. The SMILES string of the molecule is Bc1cnn2c(NCc3cccnc3)cc(C3CCN(C)CC3)nc12. The first-order valence-electron chi connectivity index (χ1n) is 8.87. The zero-order valence-corrected chi connectivity index (χ0v) is 14.8. The van der Waals surface area contributed by atoms with Gasteiger partial charge in [0.05, 0.1) is 0 Å². The van der Waals surface area contributed by atoms with E-state index in [0.29, 0.717) is 5.92 Å². The van der Waals surface area contributed by atoms with Crippen LogP contribution in [0, 0.1) is 0 Å². The molecule has 0 bridgehead atoms. The largest absolute Gasteiger partial charge is 0.366 e. The molecule has 3 aromatic heterocycles. The quantitative estimate of drug-likeness (QED) is 0.716. The lowest BCUT2D eigenvalue weighted by Crippen LogP contribution is -2.29. The predicted octanol–water partition coefficient (Wildman–Crippen LogP) is 0.804. The van der Waals surface area contributed by atoms with Gasteiger partial charge in [-0.05, 0) is 50.1 Å². The normalized spacial score (nSPS) is 16.4. The summed E-state index contributed by atoms with van der Waals surface area (Å²) in [5, 5.41) is 8.01. The van der Waals surface area contributed by atoms with Crippen molar-refractivity contribution in [3.05, 3.63) is 48.0 Å². The van der Waals surface area contributed by atoms with Crippen LogP contribution in [0.2, 0.25) is 0 Å². The summed E-state index contributed by atoms with van der Waals surface area (Å²) in [7, 11) is 4.26. The number of likely N-dealkylation sites (tertiary alicyclic amines) is 1. The fraction of sp³-hybridized carbons (Fsp3) is 0.389. The Kier molecular flexibility index (Phi) is 4.40. The average Bonchev–Trinajstić information content (AvgIpc) is 3.02. The van der Waals surface area contributed by atoms with Gasteiger partial charge in [0.2, 0.25) is 0 Å². The summed E-state index contributed by atoms with van der Waals surface area (Å²) in [4.78, 5) is 11.5. The van der Waals surface area contributed by atoms with Crippen molar-refractivity contribution in [3.8, 4) is 0 Å². The van der Waals surface area contributed by atoms with Gasteiger partial charge < -0.3 is 10.2 Å². The van der Waals surface area contributed by atoms with Gasteiger partial charge in [-0.3, -0.25) is 4.98 Å². The number of rotatable bonds is 4. The molecular weight excluding hydrogens is 311 g/mol. The zero-order chi connectivity index (χ0) is 17.2. The number of fused-ring (bicyclic) bond motifs is 1. The Morgan fingerprint density at radius 1 is 1.28 bits per heavy atom. The Labute approximate surface area is 148 Å². The number of piperidine rings is 1. The van der Waals surface area contributed by atoms with Crippen LogP contribution in [0.25, 0.3) is 5.65 Å². The molecule has 0 atom stereocenters. The lowest BCUT2D eigenvalue weighted by atomic mass is 9.93. The maximum atomic E-state index is 4.93. The van der Waals surface area contributed by atoms with E-state index in [0.717, 1.165) is 55.0 Å². The van der Waals surface area contributed by atoms with Crippen molar-refractivity contribution in [2.24, 2.45) is 0 Å². The Balaban J connectivity index is 1.64. The van der Waals surface area contributed by atoms with Gasteiger partial charge in [0.15, 0.2) is 5.65 Å². The average molecular weight is 334 g/mol. The molecule has 6 nitrogen and oxygen atoms in total. The number of anilines is 1. The first kappa shape index (κ1) is 16.1. The zero-order valence-electron chi connectivity index (χ0n) is 14.8. The van der Waals surface area contributed by atoms with Crippen LogP contribution in [0.15, 0.2) is 36.8 Å². The standard InChI is InChI=1S/C18H23BN6/c1-24-7-4-14(5-8-24)16-9-17(21-11-13-3-2-6-20-10-13)25-18(23-16)15(19)12-22-25/h2-3,6,9-10,12,14,21H,4-5,7-8,11,19H2,1H3. The summed E-state index contributed by atoms with van der Waals surface area (Å²) in [5.74, 6) is 1.52. The van der Waals surface area contributed by atoms with E-state index in [-0.39, 0.29) is 0 Å². The van der Waals surface area contributed by atoms with Crippen LogP contribution in [0.1, 0.15) is 30.0 Å². The molecule has 1 N–H and O–H groups in total. The highest BCUT2D eigenvalue weighted by Crippen LogP contribution is 2.28. The van der Waals surface area contributed by atoms with Crippen LogP contribution < -0.4 is 10.8 Å². The highest BCUT2D eigenvalue weighted by Gasteiger charge is 2.21. The number of hydrogen-bond donors (Lipinski definition) is 1. The van der Waals surface area contributed by atoms with E-state index in [9.17, 15) is 0 Å². The molecular formula is C18H23BN6. The van der Waals surface area contributed by atoms with Crippen LogP contribution in [0.3, 0.4) is 0 Å². The first-order chi connectivity index (χ1) is 12.2. The molecule has 4 heterocycles. The molecule has 1 fully saturated rings. The molecule has 4 rings (SSSR count). The molecule has 0 unspecified atom stereocenters. The summed E-state index contributed by atoms with van der Waals surface area (Å²) in [6.45, 7) is 2.99. The number of aromatic nitrogens is 4. The van der Waals surface area contributed by atoms with Gasteiger partial charge in [-0.1, -0.05) is 6.07 Å². The van der Waals surface area contributed by atoms with Crippen LogP contribution in [-0.4, -0.2) is 52.5 Å². The highest BCUT2D eigenvalue weighted by molar-refractivity contribution is 6.36. The summed E-state index contributed by atoms with van der Waals surface area (Å²) in [5.41, 5.74) is 4.39. The van der Waals surface area contributed by atoms with E-state index >= 15 is 0 Å². The molecule has 0 radical (unpaired) electrons. The third-order valence-corrected chi connectivity index (χ3v) is 5.00. The molecule has 1 aliphatic heterocycles. The van der Waals surface area contributed by atoms with E-state index in [1.54, 1.807) is 6.20 Å². The molecule has 25 heavy (non-hydrogen) atoms. The van der Waals surface area contributed by atoms with Gasteiger partial charge in [0, 0.05) is 42.8 Å². The molecule has 0 amide bonds. The smallest absolute Gasteiger partial charge is 0.151 e. The summed E-state index contributed by atoms with van der Waals surface area (Å²) in [6, 6.07) is 6.21. The summed E-state index contributed by atoms with van der Waals surface area (Å²) >= 11 is 0. The van der Waals surface area contributed by atoms with Crippen molar-refractivity contribution in [3.63, 3.8) is 0 Å². The fourth-order valence-corrected chi connectivity index (χ4v) is 3.43. The monoisotopic (exact) mass is 334 g/mol. The van der Waals surface area contributed by atoms with Gasteiger partial charge in [0.25, 0.3) is 0 Å². The van der Waals surface area contributed by atoms with Gasteiger partial charge in [-0.2, -0.15) is 9.61 Å². The minimum atomic E-state index is 0.523. The molecule has 1 saturated heterocycles. The predicted molar refractivity (Wildman–Crippen MR) is 102 cm³/mol.